The van der Waals surface area contributed by atoms with Crippen molar-refractivity contribution < 1.29 is 14.1 Å². The summed E-state index contributed by atoms with van der Waals surface area (Å²) < 4.78 is 5.34. The Hall–Kier alpha value is -1.39. The van der Waals surface area contributed by atoms with E-state index in [1.54, 1.807) is 4.90 Å². The Bertz CT molecular complexity index is 591. The smallest absolute Gasteiger partial charge is 0.318 e. The van der Waals surface area contributed by atoms with Gasteiger partial charge in [0.1, 0.15) is 6.04 Å². The van der Waals surface area contributed by atoms with Crippen molar-refractivity contribution in [3.05, 3.63) is 25.3 Å². The summed E-state index contributed by atoms with van der Waals surface area (Å²) >= 11 is 0. The van der Waals surface area contributed by atoms with E-state index in [2.05, 4.69) is 33.3 Å². The van der Waals surface area contributed by atoms with Gasteiger partial charge in [-0.1, -0.05) is 26.0 Å². The summed E-state index contributed by atoms with van der Waals surface area (Å²) in [6.07, 6.45) is 4.92. The number of nitrogens with one attached hydrogen (secondary N) is 2. The van der Waals surface area contributed by atoms with E-state index in [4.69, 9.17) is 4.52 Å². The molecular formula is C19H32N3O3P. The number of hydrogen-bond donors (Lipinski definition) is 2. The third-order valence-electron chi connectivity index (χ3n) is 6.03. The van der Waals surface area contributed by atoms with Crippen molar-refractivity contribution in [2.24, 2.45) is 11.3 Å². The fourth-order valence-electron chi connectivity index (χ4n) is 3.04. The maximum absolute atomic E-state index is 12.9. The lowest BCUT2D eigenvalue weighted by Gasteiger charge is -2.41. The van der Waals surface area contributed by atoms with Gasteiger partial charge in [-0.2, -0.15) is 0 Å². The van der Waals surface area contributed by atoms with E-state index in [9.17, 15) is 9.59 Å². The summed E-state index contributed by atoms with van der Waals surface area (Å²) in [4.78, 5) is 27.2. The van der Waals surface area contributed by atoms with Crippen molar-refractivity contribution in [1.29, 1.82) is 0 Å². The first-order valence-corrected chi connectivity index (χ1v) is 9.54. The molecule has 1 saturated heterocycles. The van der Waals surface area contributed by atoms with E-state index in [0.29, 0.717) is 18.9 Å². The van der Waals surface area contributed by atoms with Crippen molar-refractivity contribution in [1.82, 2.24) is 15.5 Å². The minimum Gasteiger partial charge on any atom is -0.361 e. The van der Waals surface area contributed by atoms with E-state index in [1.807, 2.05) is 39.8 Å². The van der Waals surface area contributed by atoms with Gasteiger partial charge in [0.25, 0.3) is 0 Å². The van der Waals surface area contributed by atoms with Crippen LogP contribution in [0.1, 0.15) is 40.5 Å². The van der Waals surface area contributed by atoms with E-state index in [-0.39, 0.29) is 29.5 Å². The molecule has 0 bridgehead atoms. The van der Waals surface area contributed by atoms with Gasteiger partial charge in [0.05, 0.1) is 6.10 Å². The molecule has 2 rings (SSSR count). The Labute approximate surface area is 159 Å². The van der Waals surface area contributed by atoms with Gasteiger partial charge in [0, 0.05) is 39.4 Å². The van der Waals surface area contributed by atoms with Crippen molar-refractivity contribution >= 4 is 21.4 Å². The first-order valence-electron chi connectivity index (χ1n) is 9.07. The summed E-state index contributed by atoms with van der Waals surface area (Å²) in [7, 11) is 2.23. The Balaban J connectivity index is 2.08. The van der Waals surface area contributed by atoms with Crippen LogP contribution in [0, 0.1) is 11.3 Å². The summed E-state index contributed by atoms with van der Waals surface area (Å²) in [5, 5.41) is 6.09. The van der Waals surface area contributed by atoms with Gasteiger partial charge in [-0.05, 0) is 26.2 Å². The molecule has 5 atom stereocenters. The molecule has 2 fully saturated rings. The van der Waals surface area contributed by atoms with Gasteiger partial charge in [-0.25, -0.2) is 4.79 Å². The zero-order valence-electron chi connectivity index (χ0n) is 16.2. The van der Waals surface area contributed by atoms with Gasteiger partial charge in [0.15, 0.2) is 0 Å². The second-order valence-corrected chi connectivity index (χ2v) is 8.67. The molecule has 1 aliphatic heterocycles. The molecule has 0 spiro atoms. The monoisotopic (exact) mass is 381 g/mol. The third kappa shape index (κ3) is 4.29. The largest absolute Gasteiger partial charge is 0.361 e. The van der Waals surface area contributed by atoms with Crippen LogP contribution in [0.5, 0.6) is 0 Å². The minimum absolute atomic E-state index is 0.125. The highest BCUT2D eigenvalue weighted by molar-refractivity contribution is 7.09. The lowest BCUT2D eigenvalue weighted by atomic mass is 9.75. The Morgan fingerprint density at radius 3 is 2.38 bits per heavy atom. The highest BCUT2D eigenvalue weighted by Crippen LogP contribution is 2.33. The molecule has 146 valence electrons. The van der Waals surface area contributed by atoms with E-state index in [1.165, 1.54) is 0 Å². The van der Waals surface area contributed by atoms with Gasteiger partial charge >= 0.3 is 6.03 Å². The van der Waals surface area contributed by atoms with Crippen LogP contribution < -0.4 is 10.6 Å². The first kappa shape index (κ1) is 20.9. The average Bonchev–Trinajstić information content (AvgIpc) is 3.18. The van der Waals surface area contributed by atoms with Crippen molar-refractivity contribution in [3.8, 4) is 0 Å². The summed E-state index contributed by atoms with van der Waals surface area (Å²) in [6.45, 7) is 16.0. The zero-order valence-corrected chi connectivity index (χ0v) is 17.4. The topological polar surface area (TPSA) is 70.7 Å². The van der Waals surface area contributed by atoms with Crippen LogP contribution in [0.4, 0.5) is 4.79 Å². The van der Waals surface area contributed by atoms with E-state index in [0.717, 1.165) is 6.42 Å². The molecule has 0 radical (unpaired) electrons. The van der Waals surface area contributed by atoms with E-state index >= 15 is 0 Å². The normalized spacial score (nSPS) is 28.4. The lowest BCUT2D eigenvalue weighted by Crippen LogP contribution is -2.59. The first-order chi connectivity index (χ1) is 12.1. The number of rotatable bonds is 7. The van der Waals surface area contributed by atoms with Gasteiger partial charge in [0.2, 0.25) is 5.91 Å². The molecule has 1 saturated carbocycles. The number of carbonyl (C=O) groups is 2. The second-order valence-electron chi connectivity index (χ2n) is 8.39. The summed E-state index contributed by atoms with van der Waals surface area (Å²) in [5.74, 6) is 0.212. The minimum atomic E-state index is -0.533. The Kier molecular flexibility index (Phi) is 6.19. The Morgan fingerprint density at radius 1 is 1.23 bits per heavy atom. The molecule has 3 amide bonds. The van der Waals surface area contributed by atoms with Crippen LogP contribution in [0.25, 0.3) is 0 Å². The maximum Gasteiger partial charge on any atom is 0.318 e. The maximum atomic E-state index is 12.9. The van der Waals surface area contributed by atoms with Crippen molar-refractivity contribution in [2.75, 3.05) is 6.54 Å². The number of urea groups is 1. The fraction of sp³-hybridized carbons (Fsp3) is 0.684. The molecular weight excluding hydrogens is 349 g/mol. The SMILES string of the molecule is C=CC1CC1NC(=O)C1CC(OP)CN1C(=O)NC(C)(C)C(C)(C)C=C. The van der Waals surface area contributed by atoms with Crippen LogP contribution in [-0.4, -0.2) is 47.1 Å². The van der Waals surface area contributed by atoms with Gasteiger partial charge in [-0.3, -0.25) is 4.79 Å². The Morgan fingerprint density at radius 2 is 1.88 bits per heavy atom. The zero-order chi connectivity index (χ0) is 19.7. The highest BCUT2D eigenvalue weighted by atomic mass is 31.0. The molecule has 0 aromatic rings. The molecule has 6 nitrogen and oxygen atoms in total. The lowest BCUT2D eigenvalue weighted by molar-refractivity contribution is -0.125. The van der Waals surface area contributed by atoms with Gasteiger partial charge < -0.3 is 20.1 Å². The molecule has 5 unspecified atom stereocenters. The molecule has 1 heterocycles. The molecule has 2 aliphatic rings. The van der Waals surface area contributed by atoms with E-state index < -0.39 is 11.6 Å². The van der Waals surface area contributed by atoms with Crippen molar-refractivity contribution in [2.45, 2.75) is 64.3 Å². The molecule has 0 aromatic carbocycles. The predicted molar refractivity (Wildman–Crippen MR) is 107 cm³/mol. The highest BCUT2D eigenvalue weighted by Gasteiger charge is 2.45. The summed E-state index contributed by atoms with van der Waals surface area (Å²) in [5.41, 5.74) is -0.820. The quantitative estimate of drug-likeness (QED) is 0.526. The molecule has 1 aliphatic carbocycles. The summed E-state index contributed by atoms with van der Waals surface area (Å²) in [6, 6.07) is -0.656. The number of amides is 3. The van der Waals surface area contributed by atoms with Gasteiger partial charge in [-0.15, -0.1) is 13.2 Å². The molecule has 7 heteroatoms. The average molecular weight is 381 g/mol. The predicted octanol–water partition coefficient (Wildman–Crippen LogP) is 2.63. The van der Waals surface area contributed by atoms with Crippen molar-refractivity contribution in [3.63, 3.8) is 0 Å². The van der Waals surface area contributed by atoms with Crippen LogP contribution >= 0.6 is 9.47 Å². The number of likely N-dealkylation sites (tertiary alicyclic amines) is 1. The molecule has 0 aromatic heterocycles. The number of carbonyl (C=O) groups excluding carboxylic acids is 2. The van der Waals surface area contributed by atoms with Crippen LogP contribution in [0.3, 0.4) is 0 Å². The number of hydrogen-bond acceptors (Lipinski definition) is 3. The number of nitrogens with zero attached hydrogens (tertiary/aromatic N) is 1. The standard InChI is InChI=1S/C19H32N3O3P/c1-7-12-9-14(12)20-16(23)15-10-13(25-26)11-22(15)17(24)21-19(5,6)18(3,4)8-2/h7-8,12-15H,1-2,9-11,26H2,3-6H3,(H,20,23)(H,21,24). The molecule has 2 N–H and O–H groups in total. The fourth-order valence-corrected chi connectivity index (χ4v) is 3.24. The van der Waals surface area contributed by atoms with Crippen LogP contribution in [0.15, 0.2) is 25.3 Å². The van der Waals surface area contributed by atoms with Crippen LogP contribution in [-0.2, 0) is 9.32 Å². The third-order valence-corrected chi connectivity index (χ3v) is 6.41. The molecule has 26 heavy (non-hydrogen) atoms. The second kappa shape index (κ2) is 7.69. The van der Waals surface area contributed by atoms with Crippen LogP contribution in [0.2, 0.25) is 0 Å².